The number of hydrogen-bond acceptors (Lipinski definition) is 9. The zero-order valence-electron chi connectivity index (χ0n) is 10.4. The number of esters is 3. The second kappa shape index (κ2) is 17.7. The van der Waals surface area contributed by atoms with Crippen molar-refractivity contribution in [1.29, 1.82) is 0 Å². The summed E-state index contributed by atoms with van der Waals surface area (Å²) in [5.41, 5.74) is 0. The average molecular weight is 270 g/mol. The summed E-state index contributed by atoms with van der Waals surface area (Å²) in [5, 5.41) is 23.4. The van der Waals surface area contributed by atoms with E-state index in [-0.39, 0.29) is 0 Å². The van der Waals surface area contributed by atoms with Gasteiger partial charge in [0.2, 0.25) is 0 Å². The molecular weight excluding hydrogens is 252 g/mol. The average Bonchev–Trinajstić information content (AvgIpc) is 2.18. The van der Waals surface area contributed by atoms with Gasteiger partial charge in [0.15, 0.2) is 20.4 Å². The van der Waals surface area contributed by atoms with Crippen LogP contribution in [0.3, 0.4) is 0 Å². The van der Waals surface area contributed by atoms with Crippen LogP contribution in [-0.2, 0) is 28.6 Å². The third-order valence-electron chi connectivity index (χ3n) is 0.803. The summed E-state index contributed by atoms with van der Waals surface area (Å²) < 4.78 is 11.9. The number of carbonyl (C=O) groups is 3. The first-order valence-corrected chi connectivity index (χ1v) is 4.54. The molecule has 9 nitrogen and oxygen atoms in total. The van der Waals surface area contributed by atoms with Crippen LogP contribution in [0.2, 0.25) is 0 Å². The number of carbonyl (C=O) groups excluding carboxylic acids is 3. The molecule has 0 amide bonds. The predicted molar refractivity (Wildman–Crippen MR) is 56.6 cm³/mol. The smallest absolute Gasteiger partial charge is 0.304 e. The fourth-order valence-electron chi connectivity index (χ4n) is 0.273. The van der Waals surface area contributed by atoms with Crippen LogP contribution in [0.25, 0.3) is 0 Å². The molecule has 0 aliphatic heterocycles. The highest BCUT2D eigenvalue weighted by molar-refractivity contribution is 5.66. The van der Waals surface area contributed by atoms with Crippen LogP contribution in [0.5, 0.6) is 0 Å². The predicted octanol–water partition coefficient (Wildman–Crippen LogP) is -1.50. The maximum atomic E-state index is 9.66. The highest BCUT2D eigenvalue weighted by Gasteiger charge is 1.83. The molecule has 18 heavy (non-hydrogen) atoms. The molecule has 108 valence electrons. The topological polar surface area (TPSA) is 140 Å². The molecule has 0 spiro atoms. The van der Waals surface area contributed by atoms with Gasteiger partial charge in [-0.15, -0.1) is 0 Å². The molecule has 3 N–H and O–H groups in total. The Balaban J connectivity index is -0.000000187. The first kappa shape index (κ1) is 21.6. The SMILES string of the molecule is CC(=O)OCO.CC(=O)OCO.CC(=O)OCO. The molecule has 0 saturated carbocycles. The largest absolute Gasteiger partial charge is 0.439 e. The van der Waals surface area contributed by atoms with Crippen molar-refractivity contribution >= 4 is 17.9 Å². The van der Waals surface area contributed by atoms with E-state index in [1.807, 2.05) is 0 Å². The molecule has 0 aromatic heterocycles. The second-order valence-electron chi connectivity index (χ2n) is 2.30. The molecule has 0 bridgehead atoms. The minimum atomic E-state index is -0.519. The van der Waals surface area contributed by atoms with E-state index in [9.17, 15) is 14.4 Å². The molecule has 0 fully saturated rings. The quantitative estimate of drug-likeness (QED) is 0.317. The van der Waals surface area contributed by atoms with E-state index < -0.39 is 38.3 Å². The fourth-order valence-corrected chi connectivity index (χ4v) is 0.273. The van der Waals surface area contributed by atoms with Gasteiger partial charge in [0.05, 0.1) is 0 Å². The van der Waals surface area contributed by atoms with Crippen molar-refractivity contribution < 1.29 is 43.9 Å². The Bertz CT molecular complexity index is 188. The van der Waals surface area contributed by atoms with Crippen molar-refractivity contribution in [1.82, 2.24) is 0 Å². The molecule has 0 aliphatic carbocycles. The second-order valence-corrected chi connectivity index (χ2v) is 2.30. The molecule has 0 aromatic carbocycles. The molecule has 0 radical (unpaired) electrons. The van der Waals surface area contributed by atoms with Gasteiger partial charge in [0.1, 0.15) is 0 Å². The van der Waals surface area contributed by atoms with Gasteiger partial charge in [-0.05, 0) is 0 Å². The van der Waals surface area contributed by atoms with Crippen molar-refractivity contribution in [2.45, 2.75) is 20.8 Å². The number of aliphatic hydroxyl groups excluding tert-OH is 3. The summed E-state index contributed by atoms with van der Waals surface area (Å²) in [7, 11) is 0. The van der Waals surface area contributed by atoms with Crippen molar-refractivity contribution in [2.75, 3.05) is 20.4 Å². The van der Waals surface area contributed by atoms with Gasteiger partial charge in [0, 0.05) is 20.8 Å². The Morgan fingerprint density at radius 1 is 0.667 bits per heavy atom. The summed E-state index contributed by atoms with van der Waals surface area (Å²) in [5.74, 6) is -1.38. The number of ether oxygens (including phenoxy) is 3. The van der Waals surface area contributed by atoms with Gasteiger partial charge in [-0.3, -0.25) is 14.4 Å². The van der Waals surface area contributed by atoms with E-state index in [2.05, 4.69) is 14.2 Å². The van der Waals surface area contributed by atoms with Crippen molar-refractivity contribution in [3.63, 3.8) is 0 Å². The highest BCUT2D eigenvalue weighted by Crippen LogP contribution is 1.68. The Labute approximate surface area is 104 Å². The van der Waals surface area contributed by atoms with Crippen LogP contribution in [0, 0.1) is 0 Å². The van der Waals surface area contributed by atoms with Crippen molar-refractivity contribution in [2.24, 2.45) is 0 Å². The zero-order valence-corrected chi connectivity index (χ0v) is 10.4. The lowest BCUT2D eigenvalue weighted by molar-refractivity contribution is -0.150. The molecule has 0 rings (SSSR count). The van der Waals surface area contributed by atoms with Crippen LogP contribution in [0.4, 0.5) is 0 Å². The van der Waals surface area contributed by atoms with Crippen molar-refractivity contribution in [3.8, 4) is 0 Å². The van der Waals surface area contributed by atoms with Gasteiger partial charge < -0.3 is 29.5 Å². The van der Waals surface area contributed by atoms with E-state index in [4.69, 9.17) is 15.3 Å². The van der Waals surface area contributed by atoms with Gasteiger partial charge in [-0.1, -0.05) is 0 Å². The lowest BCUT2D eigenvalue weighted by Crippen LogP contribution is -1.97. The molecular formula is C9H18O9. The summed E-state index contributed by atoms with van der Waals surface area (Å²) in [6.07, 6.45) is 0. The Hall–Kier alpha value is -1.71. The van der Waals surface area contributed by atoms with Crippen molar-refractivity contribution in [3.05, 3.63) is 0 Å². The van der Waals surface area contributed by atoms with Gasteiger partial charge in [0.25, 0.3) is 0 Å². The van der Waals surface area contributed by atoms with Crippen LogP contribution >= 0.6 is 0 Å². The van der Waals surface area contributed by atoms with Gasteiger partial charge >= 0.3 is 17.9 Å². The summed E-state index contributed by atoms with van der Waals surface area (Å²) in [6, 6.07) is 0. The first-order chi connectivity index (χ1) is 8.31. The first-order valence-electron chi connectivity index (χ1n) is 4.54. The summed E-state index contributed by atoms with van der Waals surface area (Å²) >= 11 is 0. The molecule has 0 aliphatic rings. The van der Waals surface area contributed by atoms with Gasteiger partial charge in [-0.2, -0.15) is 0 Å². The molecule has 0 aromatic rings. The number of rotatable bonds is 3. The lowest BCUT2D eigenvalue weighted by Gasteiger charge is -1.88. The highest BCUT2D eigenvalue weighted by atomic mass is 16.6. The Morgan fingerprint density at radius 3 is 0.833 bits per heavy atom. The molecule has 0 heterocycles. The minimum Gasteiger partial charge on any atom is -0.439 e. The third-order valence-corrected chi connectivity index (χ3v) is 0.803. The van der Waals surface area contributed by atoms with Gasteiger partial charge in [-0.25, -0.2) is 0 Å². The van der Waals surface area contributed by atoms with E-state index >= 15 is 0 Å². The Kier molecular flexibility index (Phi) is 21.2. The molecule has 0 unspecified atom stereocenters. The molecule has 0 atom stereocenters. The zero-order chi connectivity index (χ0) is 15.0. The standard InChI is InChI=1S/3C3H6O3/c3*1-3(5)6-2-4/h3*4H,2H2,1H3. The minimum absolute atomic E-state index is 0.461. The molecule has 9 heteroatoms. The normalized spacial score (nSPS) is 7.67. The fraction of sp³-hybridized carbons (Fsp3) is 0.667. The van der Waals surface area contributed by atoms with Crippen LogP contribution in [-0.4, -0.2) is 53.6 Å². The van der Waals surface area contributed by atoms with E-state index in [0.29, 0.717) is 0 Å². The third kappa shape index (κ3) is 47.5. The summed E-state index contributed by atoms with van der Waals surface area (Å²) in [4.78, 5) is 29.0. The monoisotopic (exact) mass is 270 g/mol. The van der Waals surface area contributed by atoms with Crippen LogP contribution in [0.1, 0.15) is 20.8 Å². The Morgan fingerprint density at radius 2 is 0.833 bits per heavy atom. The van der Waals surface area contributed by atoms with Crippen LogP contribution in [0.15, 0.2) is 0 Å². The summed E-state index contributed by atoms with van der Waals surface area (Å²) in [6.45, 7) is 2.14. The molecule has 0 saturated heterocycles. The number of hydrogen-bond donors (Lipinski definition) is 3. The maximum absolute atomic E-state index is 9.66. The van der Waals surface area contributed by atoms with E-state index in [0.717, 1.165) is 0 Å². The van der Waals surface area contributed by atoms with Crippen LogP contribution < -0.4 is 0 Å². The maximum Gasteiger partial charge on any atom is 0.304 e. The van der Waals surface area contributed by atoms with E-state index in [1.54, 1.807) is 0 Å². The number of aliphatic hydroxyl groups is 3. The lowest BCUT2D eigenvalue weighted by atomic mass is 10.8. The van der Waals surface area contributed by atoms with E-state index in [1.165, 1.54) is 20.8 Å².